The van der Waals surface area contributed by atoms with E-state index in [1.165, 1.54) is 0 Å². The summed E-state index contributed by atoms with van der Waals surface area (Å²) in [7, 11) is 0. The summed E-state index contributed by atoms with van der Waals surface area (Å²) in [6.45, 7) is 8.36. The number of hydrogen-bond acceptors (Lipinski definition) is 5. The van der Waals surface area contributed by atoms with Crippen LogP contribution in [-0.4, -0.2) is 33.6 Å². The second kappa shape index (κ2) is 5.61. The number of aliphatic hydroxyl groups is 2. The zero-order valence-electron chi connectivity index (χ0n) is 17.4. The van der Waals surface area contributed by atoms with Crippen LogP contribution >= 0.6 is 0 Å². The fraction of sp³-hybridized carbons (Fsp3) is 0.652. The molecule has 6 nitrogen and oxygen atoms in total. The Morgan fingerprint density at radius 3 is 2.55 bits per heavy atom. The average Bonchev–Trinajstić information content (AvgIpc) is 2.94. The van der Waals surface area contributed by atoms with Crippen LogP contribution in [0.25, 0.3) is 0 Å². The third-order valence-corrected chi connectivity index (χ3v) is 8.76. The molecule has 1 spiro atoms. The molecule has 4 aliphatic rings. The highest BCUT2D eigenvalue weighted by molar-refractivity contribution is 6.00. The van der Waals surface area contributed by atoms with Crippen LogP contribution in [0.1, 0.15) is 74.7 Å². The molecule has 2 aliphatic heterocycles. The van der Waals surface area contributed by atoms with Gasteiger partial charge >= 0.3 is 0 Å². The van der Waals surface area contributed by atoms with Crippen LogP contribution in [0.5, 0.6) is 5.75 Å². The number of ketones is 1. The van der Waals surface area contributed by atoms with Gasteiger partial charge in [0.05, 0.1) is 11.1 Å². The van der Waals surface area contributed by atoms with Gasteiger partial charge in [-0.15, -0.1) is 0 Å². The van der Waals surface area contributed by atoms with Crippen molar-refractivity contribution < 1.29 is 24.5 Å². The molecule has 1 aromatic carbocycles. The minimum Gasteiger partial charge on any atom is -0.485 e. The van der Waals surface area contributed by atoms with E-state index in [1.54, 1.807) is 6.07 Å². The van der Waals surface area contributed by atoms with Crippen LogP contribution in [0.3, 0.4) is 0 Å². The summed E-state index contributed by atoms with van der Waals surface area (Å²) in [6, 6.07) is 3.68. The van der Waals surface area contributed by atoms with Gasteiger partial charge in [-0.2, -0.15) is 0 Å². The van der Waals surface area contributed by atoms with Gasteiger partial charge in [0.1, 0.15) is 17.5 Å². The Balaban J connectivity index is 1.74. The molecule has 0 bridgehead atoms. The summed E-state index contributed by atoms with van der Waals surface area (Å²) in [4.78, 5) is 25.2. The lowest BCUT2D eigenvalue weighted by Gasteiger charge is -2.66. The van der Waals surface area contributed by atoms with Crippen molar-refractivity contribution in [3.05, 3.63) is 28.8 Å². The zero-order valence-corrected chi connectivity index (χ0v) is 17.4. The lowest BCUT2D eigenvalue weighted by atomic mass is 9.43. The summed E-state index contributed by atoms with van der Waals surface area (Å²) in [5, 5.41) is 23.8. The molecule has 2 saturated carbocycles. The Hall–Kier alpha value is -1.92. The Labute approximate surface area is 170 Å². The maximum absolute atomic E-state index is 13.0. The van der Waals surface area contributed by atoms with Gasteiger partial charge in [-0.3, -0.25) is 9.59 Å². The standard InChI is InChI=1S/C23H29NO5/c1-11-5-8-15-21(2,3)18(26)14(25)10-23(15)22(11,4)9-12-6-7-13-16(17(12)29-23)20(28)24-19(13)27/h6-7,11,15,18,20,26,28H,5,8-10H2,1-4H3,(H,24,27)/t11-,15-,18?,20+,22+,23-/m0/s1. The van der Waals surface area contributed by atoms with E-state index in [-0.39, 0.29) is 29.4 Å². The summed E-state index contributed by atoms with van der Waals surface area (Å²) >= 11 is 0. The minimum atomic E-state index is -1.11. The van der Waals surface area contributed by atoms with E-state index in [9.17, 15) is 19.8 Å². The molecule has 1 unspecified atom stereocenters. The molecule has 156 valence electrons. The molecule has 6 heteroatoms. The first kappa shape index (κ1) is 19.1. The van der Waals surface area contributed by atoms with Gasteiger partial charge in [-0.05, 0) is 36.8 Å². The molecule has 29 heavy (non-hydrogen) atoms. The van der Waals surface area contributed by atoms with Crippen LogP contribution in [0.4, 0.5) is 0 Å². The summed E-state index contributed by atoms with van der Waals surface area (Å²) in [5.74, 6) is 0.384. The third-order valence-electron chi connectivity index (χ3n) is 8.76. The van der Waals surface area contributed by atoms with Crippen molar-refractivity contribution in [1.82, 2.24) is 5.32 Å². The van der Waals surface area contributed by atoms with Crippen molar-refractivity contribution >= 4 is 11.7 Å². The lowest BCUT2D eigenvalue weighted by molar-refractivity contribution is -0.227. The van der Waals surface area contributed by atoms with Crippen LogP contribution in [0, 0.1) is 22.7 Å². The first-order valence-electron chi connectivity index (χ1n) is 10.6. The number of amides is 1. The molecule has 3 N–H and O–H groups in total. The maximum Gasteiger partial charge on any atom is 0.254 e. The van der Waals surface area contributed by atoms with Crippen molar-refractivity contribution in [2.24, 2.45) is 22.7 Å². The second-order valence-corrected chi connectivity index (χ2v) is 10.4. The highest BCUT2D eigenvalue weighted by Gasteiger charge is 2.69. The van der Waals surface area contributed by atoms with E-state index < -0.39 is 23.3 Å². The van der Waals surface area contributed by atoms with Crippen LogP contribution in [0.15, 0.2) is 12.1 Å². The van der Waals surface area contributed by atoms with Crippen LogP contribution in [0.2, 0.25) is 0 Å². The van der Waals surface area contributed by atoms with E-state index in [2.05, 4.69) is 19.2 Å². The Morgan fingerprint density at radius 2 is 1.83 bits per heavy atom. The zero-order chi connectivity index (χ0) is 20.9. The van der Waals surface area contributed by atoms with Gasteiger partial charge in [-0.25, -0.2) is 0 Å². The van der Waals surface area contributed by atoms with Gasteiger partial charge in [-0.1, -0.05) is 33.8 Å². The quantitative estimate of drug-likeness (QED) is 0.623. The van der Waals surface area contributed by atoms with E-state index in [1.807, 2.05) is 19.9 Å². The maximum atomic E-state index is 13.0. The smallest absolute Gasteiger partial charge is 0.254 e. The Morgan fingerprint density at radius 1 is 1.10 bits per heavy atom. The largest absolute Gasteiger partial charge is 0.485 e. The number of aliphatic hydroxyl groups excluding tert-OH is 2. The topological polar surface area (TPSA) is 95.9 Å². The number of carbonyl (C=O) groups excluding carboxylic acids is 2. The predicted molar refractivity (Wildman–Crippen MR) is 105 cm³/mol. The number of hydrogen-bond donors (Lipinski definition) is 3. The minimum absolute atomic E-state index is 0.00453. The summed E-state index contributed by atoms with van der Waals surface area (Å²) in [5.41, 5.74) is 0.217. The number of Topliss-reactive ketones (excluding diaryl/α,β-unsaturated/α-hetero) is 1. The molecule has 1 amide bonds. The number of rotatable bonds is 0. The highest BCUT2D eigenvalue weighted by Crippen LogP contribution is 2.65. The monoisotopic (exact) mass is 399 g/mol. The molecule has 5 rings (SSSR count). The normalized spacial score (nSPS) is 42.1. The van der Waals surface area contributed by atoms with Crippen molar-refractivity contribution in [3.8, 4) is 5.75 Å². The molecule has 0 radical (unpaired) electrons. The average molecular weight is 399 g/mol. The van der Waals surface area contributed by atoms with Crippen LogP contribution in [-0.2, 0) is 11.2 Å². The van der Waals surface area contributed by atoms with Gasteiger partial charge in [0.25, 0.3) is 5.91 Å². The number of carbonyl (C=O) groups is 2. The van der Waals surface area contributed by atoms with E-state index in [0.29, 0.717) is 29.2 Å². The predicted octanol–water partition coefficient (Wildman–Crippen LogP) is 2.51. The summed E-state index contributed by atoms with van der Waals surface area (Å²) in [6.07, 6.45) is 0.649. The van der Waals surface area contributed by atoms with Gasteiger partial charge in [0.15, 0.2) is 12.0 Å². The third kappa shape index (κ3) is 2.14. The van der Waals surface area contributed by atoms with Gasteiger partial charge in [0, 0.05) is 23.2 Å². The van der Waals surface area contributed by atoms with E-state index in [4.69, 9.17) is 4.74 Å². The first-order chi connectivity index (χ1) is 13.5. The summed E-state index contributed by atoms with van der Waals surface area (Å²) < 4.78 is 6.83. The SMILES string of the molecule is C[C@H]1CC[C@H]2C(C)(C)C(O)C(=O)C[C@]23Oc2c(ccc4c2[C@@H](O)NC4=O)C[C@]13C. The van der Waals surface area contributed by atoms with E-state index >= 15 is 0 Å². The van der Waals surface area contributed by atoms with Gasteiger partial charge in [0.2, 0.25) is 0 Å². The number of ether oxygens (including phenoxy) is 1. The lowest BCUT2D eigenvalue weighted by Crippen LogP contribution is -2.72. The van der Waals surface area contributed by atoms with Crippen molar-refractivity contribution in [2.45, 2.75) is 71.3 Å². The molecule has 2 fully saturated rings. The molecule has 6 atom stereocenters. The fourth-order valence-corrected chi connectivity index (χ4v) is 6.82. The van der Waals surface area contributed by atoms with Gasteiger partial charge < -0.3 is 20.3 Å². The van der Waals surface area contributed by atoms with Crippen molar-refractivity contribution in [1.29, 1.82) is 0 Å². The van der Waals surface area contributed by atoms with Crippen molar-refractivity contribution in [2.75, 3.05) is 0 Å². The van der Waals surface area contributed by atoms with Crippen LogP contribution < -0.4 is 10.1 Å². The molecule has 1 aromatic rings. The fourth-order valence-electron chi connectivity index (χ4n) is 6.82. The Kier molecular flexibility index (Phi) is 3.69. The highest BCUT2D eigenvalue weighted by atomic mass is 16.5. The molecule has 0 saturated heterocycles. The molecule has 2 heterocycles. The molecule has 0 aromatic heterocycles. The molecular formula is C23H29NO5. The Bertz CT molecular complexity index is 939. The number of benzene rings is 1. The second-order valence-electron chi connectivity index (χ2n) is 10.4. The molecule has 2 aliphatic carbocycles. The molecular weight excluding hydrogens is 370 g/mol. The first-order valence-corrected chi connectivity index (χ1v) is 10.6. The van der Waals surface area contributed by atoms with E-state index in [0.717, 1.165) is 18.4 Å². The van der Waals surface area contributed by atoms with Crippen molar-refractivity contribution in [3.63, 3.8) is 0 Å². The number of nitrogens with one attached hydrogen (secondary N) is 1. The number of fused-ring (bicyclic) bond motifs is 3.